The Labute approximate surface area is 165 Å². The van der Waals surface area contributed by atoms with Gasteiger partial charge in [-0.3, -0.25) is 5.43 Å². The lowest BCUT2D eigenvalue weighted by molar-refractivity contribution is 0.793. The third-order valence-corrected chi connectivity index (χ3v) is 4.65. The van der Waals surface area contributed by atoms with Gasteiger partial charge in [0.1, 0.15) is 0 Å². The molecule has 0 aliphatic carbocycles. The molecule has 0 fully saturated rings. The molecule has 0 radical (unpaired) electrons. The molecule has 3 aromatic rings. The van der Waals surface area contributed by atoms with Crippen LogP contribution in [0.2, 0.25) is 0 Å². The zero-order valence-electron chi connectivity index (χ0n) is 15.9. The van der Waals surface area contributed by atoms with Crippen LogP contribution in [0.5, 0.6) is 0 Å². The molecule has 1 aromatic heterocycles. The Morgan fingerprint density at radius 1 is 1.04 bits per heavy atom. The van der Waals surface area contributed by atoms with Crippen molar-refractivity contribution in [2.75, 3.05) is 5.32 Å². The smallest absolute Gasteiger partial charge is 0.191 e. The zero-order chi connectivity index (χ0) is 19.2. The van der Waals surface area contributed by atoms with E-state index in [2.05, 4.69) is 83.8 Å². The molecule has 0 saturated heterocycles. The number of aromatic nitrogens is 1. The van der Waals surface area contributed by atoms with Crippen LogP contribution in [0.3, 0.4) is 0 Å². The van der Waals surface area contributed by atoms with Gasteiger partial charge in [0.15, 0.2) is 5.11 Å². The van der Waals surface area contributed by atoms with Crippen molar-refractivity contribution < 1.29 is 0 Å². The normalized spacial score (nSPS) is 10.9. The Bertz CT molecular complexity index is 972. The van der Waals surface area contributed by atoms with E-state index in [4.69, 9.17) is 12.2 Å². The van der Waals surface area contributed by atoms with Gasteiger partial charge in [0, 0.05) is 18.4 Å². The Kier molecular flexibility index (Phi) is 6.04. The molecule has 0 amide bonds. The summed E-state index contributed by atoms with van der Waals surface area (Å²) >= 11 is 5.34. The summed E-state index contributed by atoms with van der Waals surface area (Å²) in [6.45, 7) is 7.07. The van der Waals surface area contributed by atoms with E-state index in [1.54, 1.807) is 6.21 Å². The molecule has 0 unspecified atom stereocenters. The first-order chi connectivity index (χ1) is 13.0. The van der Waals surface area contributed by atoms with Crippen LogP contribution in [-0.2, 0) is 6.54 Å². The van der Waals surface area contributed by atoms with Crippen molar-refractivity contribution in [2.45, 2.75) is 27.3 Å². The van der Waals surface area contributed by atoms with Crippen molar-refractivity contribution in [3.05, 3.63) is 88.7 Å². The Morgan fingerprint density at radius 3 is 2.63 bits per heavy atom. The minimum absolute atomic E-state index is 0.468. The van der Waals surface area contributed by atoms with Gasteiger partial charge in [0.2, 0.25) is 0 Å². The van der Waals surface area contributed by atoms with E-state index in [9.17, 15) is 0 Å². The van der Waals surface area contributed by atoms with Crippen molar-refractivity contribution in [3.63, 3.8) is 0 Å². The first kappa shape index (κ1) is 18.9. The molecule has 0 aliphatic heterocycles. The maximum Gasteiger partial charge on any atom is 0.191 e. The second-order valence-electron chi connectivity index (χ2n) is 6.63. The van der Waals surface area contributed by atoms with Crippen molar-refractivity contribution in [2.24, 2.45) is 5.10 Å². The third-order valence-electron chi connectivity index (χ3n) is 4.46. The van der Waals surface area contributed by atoms with Gasteiger partial charge in [0.25, 0.3) is 0 Å². The number of nitrogens with zero attached hydrogens (tertiary/aromatic N) is 2. The van der Waals surface area contributed by atoms with E-state index < -0.39 is 0 Å². The molecule has 2 N–H and O–H groups in total. The SMILES string of the molecule is Cc1ccc(NC(=S)NN=Cc2cccn2Cc2ccccc2C)c(C)c1. The Balaban J connectivity index is 1.61. The number of hydrogen-bond donors (Lipinski definition) is 2. The minimum atomic E-state index is 0.468. The summed E-state index contributed by atoms with van der Waals surface area (Å²) in [5, 5.41) is 7.93. The number of anilines is 1. The van der Waals surface area contributed by atoms with Crippen molar-refractivity contribution in [1.29, 1.82) is 0 Å². The van der Waals surface area contributed by atoms with Crippen molar-refractivity contribution in [1.82, 2.24) is 9.99 Å². The molecule has 1 heterocycles. The van der Waals surface area contributed by atoms with Crippen LogP contribution in [0, 0.1) is 20.8 Å². The van der Waals surface area contributed by atoms with Crippen LogP contribution < -0.4 is 10.7 Å². The van der Waals surface area contributed by atoms with Gasteiger partial charge in [-0.05, 0) is 67.9 Å². The average Bonchev–Trinajstić information content (AvgIpc) is 3.06. The van der Waals surface area contributed by atoms with Gasteiger partial charge in [0.05, 0.1) is 11.9 Å². The van der Waals surface area contributed by atoms with E-state index in [1.807, 2.05) is 18.2 Å². The summed E-state index contributed by atoms with van der Waals surface area (Å²) in [6, 6.07) is 18.7. The average molecular weight is 377 g/mol. The number of rotatable bonds is 5. The van der Waals surface area contributed by atoms with Gasteiger partial charge in [-0.1, -0.05) is 42.0 Å². The zero-order valence-corrected chi connectivity index (χ0v) is 16.7. The fourth-order valence-corrected chi connectivity index (χ4v) is 3.08. The highest BCUT2D eigenvalue weighted by Crippen LogP contribution is 2.15. The lowest BCUT2D eigenvalue weighted by atomic mass is 10.1. The topological polar surface area (TPSA) is 41.4 Å². The molecule has 3 rings (SSSR count). The molecular formula is C22H24N4S. The number of nitrogens with one attached hydrogen (secondary N) is 2. The van der Waals surface area contributed by atoms with Crippen LogP contribution in [0.4, 0.5) is 5.69 Å². The number of benzene rings is 2. The second-order valence-corrected chi connectivity index (χ2v) is 7.04. The highest BCUT2D eigenvalue weighted by molar-refractivity contribution is 7.80. The summed E-state index contributed by atoms with van der Waals surface area (Å²) in [7, 11) is 0. The van der Waals surface area contributed by atoms with Crippen LogP contribution in [-0.4, -0.2) is 15.9 Å². The van der Waals surface area contributed by atoms with E-state index in [-0.39, 0.29) is 0 Å². The highest BCUT2D eigenvalue weighted by atomic mass is 32.1. The molecule has 138 valence electrons. The van der Waals surface area contributed by atoms with Crippen LogP contribution >= 0.6 is 12.2 Å². The van der Waals surface area contributed by atoms with Gasteiger partial charge in [-0.15, -0.1) is 0 Å². The summed E-state index contributed by atoms with van der Waals surface area (Å²) in [6.07, 6.45) is 3.84. The molecule has 0 spiro atoms. The summed E-state index contributed by atoms with van der Waals surface area (Å²) in [4.78, 5) is 0. The van der Waals surface area contributed by atoms with Gasteiger partial charge in [-0.2, -0.15) is 5.10 Å². The first-order valence-electron chi connectivity index (χ1n) is 8.90. The first-order valence-corrected chi connectivity index (χ1v) is 9.31. The molecular weight excluding hydrogens is 352 g/mol. The lowest BCUT2D eigenvalue weighted by Crippen LogP contribution is -2.24. The number of aryl methyl sites for hydroxylation is 3. The van der Waals surface area contributed by atoms with Gasteiger partial charge < -0.3 is 9.88 Å². The monoisotopic (exact) mass is 376 g/mol. The van der Waals surface area contributed by atoms with E-state index >= 15 is 0 Å². The quantitative estimate of drug-likeness (QED) is 0.382. The number of hydrazone groups is 1. The fourth-order valence-electron chi connectivity index (χ4n) is 2.92. The largest absolute Gasteiger partial charge is 0.342 e. The van der Waals surface area contributed by atoms with E-state index in [0.717, 1.165) is 23.5 Å². The van der Waals surface area contributed by atoms with Crippen LogP contribution in [0.1, 0.15) is 27.9 Å². The highest BCUT2D eigenvalue weighted by Gasteiger charge is 2.03. The molecule has 0 bridgehead atoms. The van der Waals surface area contributed by atoms with Crippen molar-refractivity contribution in [3.8, 4) is 0 Å². The maximum atomic E-state index is 5.34. The Hall–Kier alpha value is -2.92. The van der Waals surface area contributed by atoms with E-state index in [0.29, 0.717) is 5.11 Å². The molecule has 2 aromatic carbocycles. The number of thiocarbonyl (C=S) groups is 1. The molecule has 5 heteroatoms. The molecule has 0 atom stereocenters. The summed E-state index contributed by atoms with van der Waals surface area (Å²) in [5.41, 5.74) is 9.84. The molecule has 27 heavy (non-hydrogen) atoms. The van der Waals surface area contributed by atoms with Crippen molar-refractivity contribution >= 4 is 29.2 Å². The second kappa shape index (κ2) is 8.64. The van der Waals surface area contributed by atoms with Crippen LogP contribution in [0.25, 0.3) is 0 Å². The Morgan fingerprint density at radius 2 is 1.85 bits per heavy atom. The van der Waals surface area contributed by atoms with Gasteiger partial charge in [-0.25, -0.2) is 0 Å². The molecule has 0 saturated carbocycles. The predicted molar refractivity (Wildman–Crippen MR) is 118 cm³/mol. The third kappa shape index (κ3) is 5.05. The minimum Gasteiger partial charge on any atom is -0.342 e. The maximum absolute atomic E-state index is 5.34. The molecule has 0 aliphatic rings. The number of hydrogen-bond acceptors (Lipinski definition) is 2. The van der Waals surface area contributed by atoms with E-state index in [1.165, 1.54) is 16.7 Å². The standard InChI is InChI=1S/C22H24N4S/c1-16-10-11-21(18(3)13-16)24-22(27)25-23-14-20-9-6-12-26(20)15-19-8-5-4-7-17(19)2/h4-14H,15H2,1-3H3,(H2,24,25,27). The summed E-state index contributed by atoms with van der Waals surface area (Å²) < 4.78 is 2.16. The van der Waals surface area contributed by atoms with Gasteiger partial charge >= 0.3 is 0 Å². The van der Waals surface area contributed by atoms with Crippen LogP contribution in [0.15, 0.2) is 65.9 Å². The molecule has 4 nitrogen and oxygen atoms in total. The fraction of sp³-hybridized carbons (Fsp3) is 0.182. The lowest BCUT2D eigenvalue weighted by Gasteiger charge is -2.11. The summed E-state index contributed by atoms with van der Waals surface area (Å²) in [5.74, 6) is 0. The predicted octanol–water partition coefficient (Wildman–Crippen LogP) is 4.78.